The van der Waals surface area contributed by atoms with Crippen molar-refractivity contribution in [3.05, 3.63) is 35.4 Å². The number of Topliss-reactive ketones (excluding diaryl/α,β-unsaturated/α-hetero) is 1. The zero-order valence-electron chi connectivity index (χ0n) is 13.2. The second kappa shape index (κ2) is 5.90. The van der Waals surface area contributed by atoms with E-state index in [0.29, 0.717) is 23.8 Å². The summed E-state index contributed by atoms with van der Waals surface area (Å²) in [5.74, 6) is 0.878. The number of carbonyl (C=O) groups is 1. The summed E-state index contributed by atoms with van der Waals surface area (Å²) in [7, 11) is 2.17. The van der Waals surface area contributed by atoms with Crippen LogP contribution in [0.4, 0.5) is 0 Å². The maximum absolute atomic E-state index is 13.0. The monoisotopic (exact) mass is 287 g/mol. The van der Waals surface area contributed by atoms with Gasteiger partial charge >= 0.3 is 0 Å². The van der Waals surface area contributed by atoms with Gasteiger partial charge in [0.15, 0.2) is 5.78 Å². The molecule has 2 fully saturated rings. The number of piperidine rings is 1. The van der Waals surface area contributed by atoms with E-state index < -0.39 is 0 Å². The Bertz CT molecular complexity index is 512. The number of rotatable bonds is 3. The Morgan fingerprint density at radius 1 is 1.19 bits per heavy atom. The standard InChI is InChI=1S/C18H25NO2/c1-12(2)16-6-4-5-7-17(16)18(20)13-8-14-10-21-11-15(9-13)19(14)3/h4-7,12-15H,8-11H2,1-3H3. The molecule has 3 heteroatoms. The van der Waals surface area contributed by atoms with Gasteiger partial charge in [-0.1, -0.05) is 38.1 Å². The first kappa shape index (κ1) is 14.7. The summed E-state index contributed by atoms with van der Waals surface area (Å²) in [4.78, 5) is 15.4. The molecule has 0 amide bonds. The lowest BCUT2D eigenvalue weighted by molar-refractivity contribution is -0.0702. The largest absolute Gasteiger partial charge is 0.378 e. The highest BCUT2D eigenvalue weighted by Gasteiger charge is 2.39. The molecule has 3 rings (SSSR count). The number of hydrogen-bond acceptors (Lipinski definition) is 3. The molecule has 2 bridgehead atoms. The zero-order chi connectivity index (χ0) is 15.0. The molecule has 0 aromatic heterocycles. The van der Waals surface area contributed by atoms with Crippen LogP contribution < -0.4 is 0 Å². The molecule has 2 heterocycles. The molecule has 2 unspecified atom stereocenters. The summed E-state index contributed by atoms with van der Waals surface area (Å²) in [6.45, 7) is 5.85. The molecule has 2 aliphatic heterocycles. The van der Waals surface area contributed by atoms with Gasteiger partial charge in [-0.3, -0.25) is 9.69 Å². The predicted molar refractivity (Wildman–Crippen MR) is 83.7 cm³/mol. The fourth-order valence-electron chi connectivity index (χ4n) is 3.75. The number of likely N-dealkylation sites (N-methyl/N-ethyl adjacent to an activating group) is 1. The summed E-state index contributed by atoms with van der Waals surface area (Å²) >= 11 is 0. The van der Waals surface area contributed by atoms with Crippen molar-refractivity contribution < 1.29 is 9.53 Å². The van der Waals surface area contributed by atoms with Crippen LogP contribution in [0.5, 0.6) is 0 Å². The van der Waals surface area contributed by atoms with Crippen molar-refractivity contribution in [2.24, 2.45) is 5.92 Å². The first-order chi connectivity index (χ1) is 10.1. The quantitative estimate of drug-likeness (QED) is 0.800. The van der Waals surface area contributed by atoms with Crippen LogP contribution in [0, 0.1) is 5.92 Å². The van der Waals surface area contributed by atoms with Gasteiger partial charge in [-0.15, -0.1) is 0 Å². The van der Waals surface area contributed by atoms with Crippen molar-refractivity contribution in [1.82, 2.24) is 4.90 Å². The normalized spacial score (nSPS) is 29.6. The molecule has 0 saturated carbocycles. The Kier molecular flexibility index (Phi) is 4.14. The highest BCUT2D eigenvalue weighted by molar-refractivity contribution is 5.99. The minimum absolute atomic E-state index is 0.153. The Labute approximate surface area is 127 Å². The average molecular weight is 287 g/mol. The summed E-state index contributed by atoms with van der Waals surface area (Å²) in [5, 5.41) is 0. The molecule has 1 aromatic carbocycles. The lowest BCUT2D eigenvalue weighted by Gasteiger charge is -2.46. The second-order valence-electron chi connectivity index (χ2n) is 6.79. The Morgan fingerprint density at radius 3 is 2.43 bits per heavy atom. The molecule has 2 aliphatic rings. The lowest BCUT2D eigenvalue weighted by atomic mass is 9.79. The molecule has 0 spiro atoms. The van der Waals surface area contributed by atoms with Gasteiger partial charge in [0.2, 0.25) is 0 Å². The molecule has 21 heavy (non-hydrogen) atoms. The molecule has 0 radical (unpaired) electrons. The third kappa shape index (κ3) is 2.77. The van der Waals surface area contributed by atoms with Crippen LogP contribution in [0.2, 0.25) is 0 Å². The predicted octanol–water partition coefficient (Wildman–Crippen LogP) is 3.10. The van der Waals surface area contributed by atoms with Crippen LogP contribution in [-0.2, 0) is 4.74 Å². The SMILES string of the molecule is CC(C)c1ccccc1C(=O)C1CC2COCC(C1)N2C. The topological polar surface area (TPSA) is 29.5 Å². The highest BCUT2D eigenvalue weighted by Crippen LogP contribution is 2.33. The third-order valence-corrected chi connectivity index (χ3v) is 5.10. The minimum Gasteiger partial charge on any atom is -0.378 e. The van der Waals surface area contributed by atoms with Crippen LogP contribution in [0.15, 0.2) is 24.3 Å². The maximum Gasteiger partial charge on any atom is 0.166 e. The number of ether oxygens (including phenoxy) is 1. The van der Waals surface area contributed by atoms with Crippen LogP contribution in [-0.4, -0.2) is 43.0 Å². The van der Waals surface area contributed by atoms with E-state index in [2.05, 4.69) is 31.9 Å². The smallest absolute Gasteiger partial charge is 0.166 e. The molecule has 2 saturated heterocycles. The van der Waals surface area contributed by atoms with Crippen molar-refractivity contribution in [1.29, 1.82) is 0 Å². The van der Waals surface area contributed by atoms with Gasteiger partial charge in [0.05, 0.1) is 13.2 Å². The molecule has 1 aromatic rings. The fourth-order valence-corrected chi connectivity index (χ4v) is 3.75. The highest BCUT2D eigenvalue weighted by atomic mass is 16.5. The van der Waals surface area contributed by atoms with E-state index >= 15 is 0 Å². The summed E-state index contributed by atoms with van der Waals surface area (Å²) in [5.41, 5.74) is 2.11. The molecule has 0 aliphatic carbocycles. The first-order valence-electron chi connectivity index (χ1n) is 8.00. The number of nitrogens with zero attached hydrogens (tertiary/aromatic N) is 1. The van der Waals surface area contributed by atoms with Crippen molar-refractivity contribution in [3.63, 3.8) is 0 Å². The van der Waals surface area contributed by atoms with Crippen molar-refractivity contribution in [2.75, 3.05) is 20.3 Å². The average Bonchev–Trinajstić information content (AvgIpc) is 2.46. The third-order valence-electron chi connectivity index (χ3n) is 5.10. The van der Waals surface area contributed by atoms with Crippen LogP contribution in [0.3, 0.4) is 0 Å². The van der Waals surface area contributed by atoms with Gasteiger partial charge in [-0.2, -0.15) is 0 Å². The number of morpholine rings is 1. The van der Waals surface area contributed by atoms with Crippen molar-refractivity contribution in [3.8, 4) is 0 Å². The van der Waals surface area contributed by atoms with Crippen molar-refractivity contribution >= 4 is 5.78 Å². The summed E-state index contributed by atoms with van der Waals surface area (Å²) in [6.07, 6.45) is 1.86. The first-order valence-corrected chi connectivity index (χ1v) is 8.00. The summed E-state index contributed by atoms with van der Waals surface area (Å²) < 4.78 is 5.65. The molecular formula is C18H25NO2. The van der Waals surface area contributed by atoms with Crippen LogP contribution >= 0.6 is 0 Å². The van der Waals surface area contributed by atoms with E-state index in [0.717, 1.165) is 31.6 Å². The van der Waals surface area contributed by atoms with Crippen LogP contribution in [0.25, 0.3) is 0 Å². The minimum atomic E-state index is 0.153. The summed E-state index contributed by atoms with van der Waals surface area (Å²) in [6, 6.07) is 8.91. The van der Waals surface area contributed by atoms with E-state index in [9.17, 15) is 4.79 Å². The van der Waals surface area contributed by atoms with E-state index in [1.807, 2.05) is 18.2 Å². The van der Waals surface area contributed by atoms with Gasteiger partial charge in [0.25, 0.3) is 0 Å². The van der Waals surface area contributed by atoms with Gasteiger partial charge < -0.3 is 4.74 Å². The molecule has 114 valence electrons. The van der Waals surface area contributed by atoms with Crippen LogP contribution in [0.1, 0.15) is 48.5 Å². The van der Waals surface area contributed by atoms with Gasteiger partial charge in [-0.25, -0.2) is 0 Å². The Hall–Kier alpha value is -1.19. The maximum atomic E-state index is 13.0. The van der Waals surface area contributed by atoms with Gasteiger partial charge in [0, 0.05) is 23.6 Å². The molecular weight excluding hydrogens is 262 g/mol. The fraction of sp³-hybridized carbons (Fsp3) is 0.611. The molecule has 2 atom stereocenters. The second-order valence-corrected chi connectivity index (χ2v) is 6.79. The Balaban J connectivity index is 1.83. The van der Waals surface area contributed by atoms with E-state index in [4.69, 9.17) is 4.74 Å². The molecule has 3 nitrogen and oxygen atoms in total. The van der Waals surface area contributed by atoms with Crippen molar-refractivity contribution in [2.45, 2.75) is 44.7 Å². The number of benzene rings is 1. The van der Waals surface area contributed by atoms with E-state index in [1.165, 1.54) is 5.56 Å². The number of carbonyl (C=O) groups excluding carboxylic acids is 1. The molecule has 0 N–H and O–H groups in total. The zero-order valence-corrected chi connectivity index (χ0v) is 13.2. The number of ketones is 1. The lowest BCUT2D eigenvalue weighted by Crippen LogP contribution is -2.55. The van der Waals surface area contributed by atoms with E-state index in [1.54, 1.807) is 0 Å². The van der Waals surface area contributed by atoms with Gasteiger partial charge in [-0.05, 0) is 31.4 Å². The Morgan fingerprint density at radius 2 is 1.81 bits per heavy atom. The van der Waals surface area contributed by atoms with Gasteiger partial charge in [0.1, 0.15) is 0 Å². The van der Waals surface area contributed by atoms with E-state index in [-0.39, 0.29) is 5.92 Å². The number of hydrogen-bond donors (Lipinski definition) is 0. The number of fused-ring (bicyclic) bond motifs is 2.